The Balaban J connectivity index is 3.62. The van der Waals surface area contributed by atoms with E-state index in [1.165, 1.54) is 0 Å². The van der Waals surface area contributed by atoms with E-state index < -0.39 is 29.0 Å². The quantitative estimate of drug-likeness (QED) is 0.414. The van der Waals surface area contributed by atoms with Crippen LogP contribution in [-0.4, -0.2) is 4.98 Å². The summed E-state index contributed by atoms with van der Waals surface area (Å²) in [7, 11) is 0. The molecule has 0 fully saturated rings. The summed E-state index contributed by atoms with van der Waals surface area (Å²) < 4.78 is 26.1. The van der Waals surface area contributed by atoms with Gasteiger partial charge in [0.25, 0.3) is 0 Å². The molecule has 0 aliphatic carbocycles. The molecular weight excluding hydrogens is 210 g/mol. The molecule has 1 heterocycles. The highest BCUT2D eigenvalue weighted by Crippen LogP contribution is 2.32. The summed E-state index contributed by atoms with van der Waals surface area (Å²) in [5, 5.41) is 5.39. The van der Waals surface area contributed by atoms with Crippen molar-refractivity contribution in [2.75, 3.05) is 0 Å². The fraction of sp³-hybridized carbons (Fsp3) is 0. The average Bonchev–Trinajstić information content (AvgIpc) is 2.21. The SMILES string of the molecule is [N]c1nc(N=[N+]=[N-])c(F)c(N=[N+]=[N-])c1F. The molecule has 0 spiro atoms. The maximum Gasteiger partial charge on any atom is 0.211 e. The molecule has 0 saturated carbocycles. The third-order valence-corrected chi connectivity index (χ3v) is 1.30. The lowest BCUT2D eigenvalue weighted by Crippen LogP contribution is -1.90. The third kappa shape index (κ3) is 1.85. The Morgan fingerprint density at radius 1 is 1.13 bits per heavy atom. The number of pyridine rings is 1. The molecule has 0 saturated heterocycles. The molecule has 10 heteroatoms. The smallest absolute Gasteiger partial charge is 0.211 e. The van der Waals surface area contributed by atoms with Crippen LogP contribution >= 0.6 is 0 Å². The van der Waals surface area contributed by atoms with Crippen molar-refractivity contribution in [1.82, 2.24) is 10.7 Å². The van der Waals surface area contributed by atoms with Crippen molar-refractivity contribution in [3.05, 3.63) is 32.5 Å². The van der Waals surface area contributed by atoms with Gasteiger partial charge in [0.2, 0.25) is 5.82 Å². The highest BCUT2D eigenvalue weighted by molar-refractivity contribution is 5.55. The van der Waals surface area contributed by atoms with Crippen LogP contribution in [0.25, 0.3) is 20.9 Å². The highest BCUT2D eigenvalue weighted by Gasteiger charge is 2.17. The first-order valence-electron chi connectivity index (χ1n) is 3.30. The molecule has 0 aromatic carbocycles. The summed E-state index contributed by atoms with van der Waals surface area (Å²) in [5.41, 5.74) is 23.7. The second-order valence-corrected chi connectivity index (χ2v) is 2.11. The Morgan fingerprint density at radius 2 is 1.73 bits per heavy atom. The van der Waals surface area contributed by atoms with E-state index in [0.717, 1.165) is 0 Å². The van der Waals surface area contributed by atoms with Crippen LogP contribution in [0.4, 0.5) is 26.1 Å². The zero-order chi connectivity index (χ0) is 11.4. The number of halogens is 2. The van der Waals surface area contributed by atoms with E-state index in [2.05, 4.69) is 25.0 Å². The van der Waals surface area contributed by atoms with Crippen LogP contribution in [-0.2, 0) is 0 Å². The monoisotopic (exact) mass is 210 g/mol. The van der Waals surface area contributed by atoms with E-state index in [0.29, 0.717) is 0 Å². The van der Waals surface area contributed by atoms with Crippen LogP contribution in [0.15, 0.2) is 10.2 Å². The predicted octanol–water partition coefficient (Wildman–Crippen LogP) is 2.94. The lowest BCUT2D eigenvalue weighted by molar-refractivity contribution is 0.579. The van der Waals surface area contributed by atoms with Crippen LogP contribution in [0.2, 0.25) is 0 Å². The van der Waals surface area contributed by atoms with Gasteiger partial charge in [-0.05, 0) is 16.2 Å². The fourth-order valence-corrected chi connectivity index (χ4v) is 0.748. The maximum absolute atomic E-state index is 13.1. The van der Waals surface area contributed by atoms with E-state index in [1.807, 2.05) is 0 Å². The standard InChI is InChI=1S/C5F2N8/c6-1-3(12-14-9)2(7)5(13-15-10)11-4(1)8. The van der Waals surface area contributed by atoms with Crippen molar-refractivity contribution >= 4 is 17.3 Å². The van der Waals surface area contributed by atoms with Crippen LogP contribution in [0.5, 0.6) is 0 Å². The number of hydrogen-bond donors (Lipinski definition) is 0. The molecule has 1 aromatic heterocycles. The zero-order valence-corrected chi connectivity index (χ0v) is 6.83. The molecule has 0 bridgehead atoms. The molecule has 0 aliphatic heterocycles. The minimum atomic E-state index is -1.53. The van der Waals surface area contributed by atoms with Gasteiger partial charge in [-0.2, -0.15) is 0 Å². The zero-order valence-electron chi connectivity index (χ0n) is 6.83. The van der Waals surface area contributed by atoms with Gasteiger partial charge < -0.3 is 0 Å². The normalized spacial score (nSPS) is 8.93. The number of nitrogens with zero attached hydrogens (tertiary/aromatic N) is 8. The molecule has 0 unspecified atom stereocenters. The lowest BCUT2D eigenvalue weighted by Gasteiger charge is -2.01. The molecule has 0 amide bonds. The van der Waals surface area contributed by atoms with Gasteiger partial charge >= 0.3 is 0 Å². The van der Waals surface area contributed by atoms with Gasteiger partial charge in [-0.25, -0.2) is 13.8 Å². The van der Waals surface area contributed by atoms with Crippen molar-refractivity contribution in [2.24, 2.45) is 10.2 Å². The summed E-state index contributed by atoms with van der Waals surface area (Å²) in [5.74, 6) is -5.09. The molecule has 8 nitrogen and oxygen atoms in total. The molecule has 15 heavy (non-hydrogen) atoms. The van der Waals surface area contributed by atoms with Gasteiger partial charge in [0.15, 0.2) is 17.5 Å². The maximum atomic E-state index is 13.1. The van der Waals surface area contributed by atoms with Crippen molar-refractivity contribution in [2.45, 2.75) is 0 Å². The molecule has 2 radical (unpaired) electrons. The van der Waals surface area contributed by atoms with Gasteiger partial charge in [-0.15, -0.1) is 5.73 Å². The fourth-order valence-electron chi connectivity index (χ4n) is 0.748. The number of azide groups is 2. The largest absolute Gasteiger partial charge is 0.220 e. The molecular formula is C5F2N8. The van der Waals surface area contributed by atoms with E-state index in [-0.39, 0.29) is 0 Å². The van der Waals surface area contributed by atoms with Crippen LogP contribution in [0.1, 0.15) is 0 Å². The molecule has 1 rings (SSSR count). The Morgan fingerprint density at radius 3 is 2.27 bits per heavy atom. The van der Waals surface area contributed by atoms with Gasteiger partial charge in [-0.3, -0.25) is 0 Å². The highest BCUT2D eigenvalue weighted by atomic mass is 19.1. The Labute approximate surface area is 80.6 Å². The van der Waals surface area contributed by atoms with E-state index in [9.17, 15) is 8.78 Å². The first-order chi connectivity index (χ1) is 7.11. The van der Waals surface area contributed by atoms with Gasteiger partial charge in [0.05, 0.1) is 0 Å². The van der Waals surface area contributed by atoms with Crippen molar-refractivity contribution in [1.29, 1.82) is 0 Å². The topological polar surface area (TPSA) is 133 Å². The first kappa shape index (κ1) is 10.5. The van der Waals surface area contributed by atoms with Crippen molar-refractivity contribution in [3.63, 3.8) is 0 Å². The summed E-state index contributed by atoms with van der Waals surface area (Å²) in [6.07, 6.45) is 0. The third-order valence-electron chi connectivity index (χ3n) is 1.30. The van der Waals surface area contributed by atoms with Crippen molar-refractivity contribution < 1.29 is 8.78 Å². The van der Waals surface area contributed by atoms with Gasteiger partial charge in [-0.1, -0.05) is 5.11 Å². The second kappa shape index (κ2) is 4.09. The Bertz CT molecular complexity index is 498. The minimum absolute atomic E-state index is 0.904. The number of rotatable bonds is 2. The lowest BCUT2D eigenvalue weighted by atomic mass is 10.3. The second-order valence-electron chi connectivity index (χ2n) is 2.11. The van der Waals surface area contributed by atoms with Crippen molar-refractivity contribution in [3.8, 4) is 0 Å². The number of aromatic nitrogens is 1. The summed E-state index contributed by atoms with van der Waals surface area (Å²) in [6, 6.07) is 0. The van der Waals surface area contributed by atoms with Crippen LogP contribution < -0.4 is 5.73 Å². The molecule has 0 aliphatic rings. The average molecular weight is 210 g/mol. The summed E-state index contributed by atoms with van der Waals surface area (Å²) >= 11 is 0. The van der Waals surface area contributed by atoms with Crippen LogP contribution in [0, 0.1) is 11.6 Å². The molecule has 0 N–H and O–H groups in total. The minimum Gasteiger partial charge on any atom is -0.220 e. The molecule has 74 valence electrons. The van der Waals surface area contributed by atoms with Crippen LogP contribution in [0.3, 0.4) is 0 Å². The number of hydrogen-bond acceptors (Lipinski definition) is 3. The molecule has 0 atom stereocenters. The van der Waals surface area contributed by atoms with E-state index >= 15 is 0 Å². The summed E-state index contributed by atoms with van der Waals surface area (Å²) in [4.78, 5) is 7.24. The van der Waals surface area contributed by atoms with E-state index in [1.54, 1.807) is 0 Å². The van der Waals surface area contributed by atoms with E-state index in [4.69, 9.17) is 16.8 Å². The van der Waals surface area contributed by atoms with Gasteiger partial charge in [0.1, 0.15) is 5.69 Å². The molecule has 1 aromatic rings. The Kier molecular flexibility index (Phi) is 2.87. The first-order valence-corrected chi connectivity index (χ1v) is 3.30. The Hall–Kier alpha value is -2.57. The predicted molar refractivity (Wildman–Crippen MR) is 43.6 cm³/mol. The van der Waals surface area contributed by atoms with Gasteiger partial charge in [0, 0.05) is 9.82 Å². The summed E-state index contributed by atoms with van der Waals surface area (Å²) in [6.45, 7) is 0.